The van der Waals surface area contributed by atoms with Crippen LogP contribution in [-0.4, -0.2) is 18.4 Å². The van der Waals surface area contributed by atoms with Gasteiger partial charge in [0.1, 0.15) is 5.92 Å². The number of anilines is 2. The first-order chi connectivity index (χ1) is 11.5. The van der Waals surface area contributed by atoms with Gasteiger partial charge in [-0.25, -0.2) is 0 Å². The fourth-order valence-electron chi connectivity index (χ4n) is 3.06. The number of benzene rings is 2. The van der Waals surface area contributed by atoms with Crippen LogP contribution in [0.2, 0.25) is 0 Å². The van der Waals surface area contributed by atoms with E-state index in [1.54, 1.807) is 4.90 Å². The van der Waals surface area contributed by atoms with Gasteiger partial charge >= 0.3 is 0 Å². The van der Waals surface area contributed by atoms with E-state index in [0.29, 0.717) is 13.0 Å². The molecule has 1 aliphatic heterocycles. The third-order valence-electron chi connectivity index (χ3n) is 4.71. The molecule has 0 radical (unpaired) electrons. The molecule has 1 aliphatic rings. The molecule has 0 aromatic heterocycles. The van der Waals surface area contributed by atoms with Crippen molar-refractivity contribution in [1.29, 1.82) is 0 Å². The molecule has 0 spiro atoms. The number of carbonyl (C=O) groups excluding carboxylic acids is 2. The Hall–Kier alpha value is -2.62. The van der Waals surface area contributed by atoms with Crippen LogP contribution in [-0.2, 0) is 9.59 Å². The topological polar surface area (TPSA) is 49.4 Å². The van der Waals surface area contributed by atoms with Gasteiger partial charge in [0.2, 0.25) is 11.8 Å². The van der Waals surface area contributed by atoms with Gasteiger partial charge in [-0.05, 0) is 56.5 Å². The highest BCUT2D eigenvalue weighted by atomic mass is 16.2. The Labute approximate surface area is 142 Å². The summed E-state index contributed by atoms with van der Waals surface area (Å²) in [6.45, 7) is 6.61. The van der Waals surface area contributed by atoms with Gasteiger partial charge in [-0.3, -0.25) is 9.59 Å². The van der Waals surface area contributed by atoms with Crippen molar-refractivity contribution in [3.63, 3.8) is 0 Å². The van der Waals surface area contributed by atoms with Crippen molar-refractivity contribution in [1.82, 2.24) is 0 Å². The Balaban J connectivity index is 1.75. The molecule has 0 saturated carbocycles. The van der Waals surface area contributed by atoms with E-state index in [1.165, 1.54) is 0 Å². The third kappa shape index (κ3) is 3.04. The quantitative estimate of drug-likeness (QED) is 0.878. The fourth-order valence-corrected chi connectivity index (χ4v) is 3.06. The van der Waals surface area contributed by atoms with E-state index >= 15 is 0 Å². The van der Waals surface area contributed by atoms with Crippen molar-refractivity contribution in [2.45, 2.75) is 27.2 Å². The number of hydrogen-bond donors (Lipinski definition) is 1. The van der Waals surface area contributed by atoms with Crippen LogP contribution in [0.4, 0.5) is 11.4 Å². The molecule has 1 fully saturated rings. The SMILES string of the molecule is Cc1ccc(NC(=O)[C@@H]2CCN(c3cccc(C)c3C)C2=O)cc1. The Morgan fingerprint density at radius 2 is 1.79 bits per heavy atom. The van der Waals surface area contributed by atoms with Gasteiger partial charge in [-0.15, -0.1) is 0 Å². The van der Waals surface area contributed by atoms with Crippen molar-refractivity contribution in [3.8, 4) is 0 Å². The van der Waals surface area contributed by atoms with Crippen LogP contribution in [0.5, 0.6) is 0 Å². The normalized spacial score (nSPS) is 17.2. The molecule has 1 heterocycles. The summed E-state index contributed by atoms with van der Waals surface area (Å²) in [5, 5.41) is 2.85. The second kappa shape index (κ2) is 6.48. The number of rotatable bonds is 3. The van der Waals surface area contributed by atoms with Crippen molar-refractivity contribution >= 4 is 23.2 Å². The van der Waals surface area contributed by atoms with Gasteiger partial charge in [0.15, 0.2) is 0 Å². The van der Waals surface area contributed by atoms with Gasteiger partial charge in [-0.1, -0.05) is 29.8 Å². The molecule has 2 amide bonds. The highest BCUT2D eigenvalue weighted by molar-refractivity contribution is 6.13. The zero-order chi connectivity index (χ0) is 17.3. The van der Waals surface area contributed by atoms with Crippen LogP contribution in [0.1, 0.15) is 23.1 Å². The molecule has 1 N–H and O–H groups in total. The second-order valence-corrected chi connectivity index (χ2v) is 6.41. The minimum atomic E-state index is -0.619. The maximum atomic E-state index is 12.7. The molecule has 124 valence electrons. The number of hydrogen-bond acceptors (Lipinski definition) is 2. The Bertz CT molecular complexity index is 781. The Morgan fingerprint density at radius 3 is 2.50 bits per heavy atom. The largest absolute Gasteiger partial charge is 0.325 e. The number of carbonyl (C=O) groups is 2. The van der Waals surface area contributed by atoms with E-state index in [9.17, 15) is 9.59 Å². The standard InChI is InChI=1S/C20H22N2O2/c1-13-7-9-16(10-8-13)21-19(23)17-11-12-22(20(17)24)18-6-4-5-14(2)15(18)3/h4-10,17H,11-12H2,1-3H3,(H,21,23)/t17-/m0/s1. The summed E-state index contributed by atoms with van der Waals surface area (Å²) < 4.78 is 0. The molecule has 2 aromatic carbocycles. The molecule has 0 unspecified atom stereocenters. The summed E-state index contributed by atoms with van der Waals surface area (Å²) >= 11 is 0. The summed E-state index contributed by atoms with van der Waals surface area (Å²) in [6, 6.07) is 13.5. The molecule has 24 heavy (non-hydrogen) atoms. The summed E-state index contributed by atoms with van der Waals surface area (Å²) in [6.07, 6.45) is 0.546. The molecule has 4 nitrogen and oxygen atoms in total. The molecular weight excluding hydrogens is 300 g/mol. The highest BCUT2D eigenvalue weighted by Crippen LogP contribution is 2.30. The number of amides is 2. The van der Waals surface area contributed by atoms with E-state index in [2.05, 4.69) is 5.32 Å². The van der Waals surface area contributed by atoms with Gasteiger partial charge in [0.25, 0.3) is 0 Å². The van der Waals surface area contributed by atoms with Crippen molar-refractivity contribution in [3.05, 3.63) is 59.2 Å². The van der Waals surface area contributed by atoms with Crippen LogP contribution in [0.15, 0.2) is 42.5 Å². The average Bonchev–Trinajstić information content (AvgIpc) is 2.94. The zero-order valence-corrected chi connectivity index (χ0v) is 14.3. The van der Waals surface area contributed by atoms with Crippen LogP contribution < -0.4 is 10.2 Å². The lowest BCUT2D eigenvalue weighted by Gasteiger charge is -2.20. The van der Waals surface area contributed by atoms with Crippen LogP contribution in [0.3, 0.4) is 0 Å². The first-order valence-corrected chi connectivity index (χ1v) is 8.22. The van der Waals surface area contributed by atoms with Gasteiger partial charge in [0.05, 0.1) is 0 Å². The maximum absolute atomic E-state index is 12.7. The first-order valence-electron chi connectivity index (χ1n) is 8.22. The number of aryl methyl sites for hydroxylation is 2. The predicted octanol–water partition coefficient (Wildman–Crippen LogP) is 3.60. The van der Waals surface area contributed by atoms with E-state index in [-0.39, 0.29) is 11.8 Å². The highest BCUT2D eigenvalue weighted by Gasteiger charge is 2.38. The lowest BCUT2D eigenvalue weighted by molar-refractivity contribution is -0.129. The van der Waals surface area contributed by atoms with Crippen LogP contribution in [0, 0.1) is 26.7 Å². The Kier molecular flexibility index (Phi) is 4.38. The molecule has 3 rings (SSSR count). The van der Waals surface area contributed by atoms with Crippen LogP contribution >= 0.6 is 0 Å². The fraction of sp³-hybridized carbons (Fsp3) is 0.300. The zero-order valence-electron chi connectivity index (χ0n) is 14.3. The summed E-state index contributed by atoms with van der Waals surface area (Å²) in [5.74, 6) is -0.962. The van der Waals surface area contributed by atoms with E-state index in [0.717, 1.165) is 28.1 Å². The molecule has 0 bridgehead atoms. The first kappa shape index (κ1) is 16.2. The summed E-state index contributed by atoms with van der Waals surface area (Å²) in [7, 11) is 0. The minimum absolute atomic E-state index is 0.117. The number of nitrogens with one attached hydrogen (secondary N) is 1. The molecule has 1 atom stereocenters. The average molecular weight is 322 g/mol. The monoisotopic (exact) mass is 322 g/mol. The van der Waals surface area contributed by atoms with Crippen molar-refractivity contribution < 1.29 is 9.59 Å². The van der Waals surface area contributed by atoms with E-state index < -0.39 is 5.92 Å². The van der Waals surface area contributed by atoms with Crippen molar-refractivity contribution in [2.75, 3.05) is 16.8 Å². The van der Waals surface area contributed by atoms with Gasteiger partial charge in [-0.2, -0.15) is 0 Å². The molecule has 2 aromatic rings. The predicted molar refractivity (Wildman–Crippen MR) is 96.2 cm³/mol. The number of nitrogens with zero attached hydrogens (tertiary/aromatic N) is 1. The molecular formula is C20H22N2O2. The lowest BCUT2D eigenvalue weighted by Crippen LogP contribution is -2.33. The second-order valence-electron chi connectivity index (χ2n) is 6.41. The third-order valence-corrected chi connectivity index (χ3v) is 4.71. The van der Waals surface area contributed by atoms with Gasteiger partial charge < -0.3 is 10.2 Å². The summed E-state index contributed by atoms with van der Waals surface area (Å²) in [4.78, 5) is 26.9. The van der Waals surface area contributed by atoms with E-state index in [4.69, 9.17) is 0 Å². The molecule has 0 aliphatic carbocycles. The van der Waals surface area contributed by atoms with Crippen LogP contribution in [0.25, 0.3) is 0 Å². The molecule has 4 heteroatoms. The van der Waals surface area contributed by atoms with Crippen molar-refractivity contribution in [2.24, 2.45) is 5.92 Å². The lowest BCUT2D eigenvalue weighted by atomic mass is 10.1. The Morgan fingerprint density at radius 1 is 1.08 bits per heavy atom. The minimum Gasteiger partial charge on any atom is -0.325 e. The smallest absolute Gasteiger partial charge is 0.239 e. The summed E-state index contributed by atoms with van der Waals surface area (Å²) in [5.41, 5.74) is 5.00. The van der Waals surface area contributed by atoms with Gasteiger partial charge in [0, 0.05) is 17.9 Å². The molecule has 1 saturated heterocycles. The van der Waals surface area contributed by atoms with E-state index in [1.807, 2.05) is 63.2 Å². The maximum Gasteiger partial charge on any atom is 0.239 e.